The molecule has 1 nitrogen and oxygen atoms in total. The Morgan fingerprint density at radius 1 is 0.619 bits per heavy atom. The van der Waals surface area contributed by atoms with Crippen molar-refractivity contribution in [1.29, 1.82) is 0 Å². The van der Waals surface area contributed by atoms with Crippen molar-refractivity contribution in [2.24, 2.45) is 0 Å². The Bertz CT molecular complexity index is 656. The van der Waals surface area contributed by atoms with Crippen molar-refractivity contribution < 1.29 is 0 Å². The second-order valence-corrected chi connectivity index (χ2v) is 6.90. The van der Waals surface area contributed by atoms with Gasteiger partial charge in [0.25, 0.3) is 0 Å². The van der Waals surface area contributed by atoms with Crippen molar-refractivity contribution in [3.8, 4) is 0 Å². The van der Waals surface area contributed by atoms with Gasteiger partial charge in [-0.2, -0.15) is 0 Å². The Kier molecular flexibility index (Phi) is 4.33. The molecule has 0 radical (unpaired) electrons. The van der Waals surface area contributed by atoms with Crippen LogP contribution in [0.2, 0.25) is 0 Å². The lowest BCUT2D eigenvalue weighted by Crippen LogP contribution is -2.20. The normalized spacial score (nSPS) is 10.6. The van der Waals surface area contributed by atoms with Crippen molar-refractivity contribution in [1.82, 2.24) is 0 Å². The zero-order valence-corrected chi connectivity index (χ0v) is 12.9. The van der Waals surface area contributed by atoms with Crippen LogP contribution in [-0.4, -0.2) is 7.05 Å². The lowest BCUT2D eigenvalue weighted by Gasteiger charge is -2.27. The van der Waals surface area contributed by atoms with E-state index in [9.17, 15) is 0 Å². The van der Waals surface area contributed by atoms with Crippen LogP contribution in [0, 0.1) is 0 Å². The third kappa shape index (κ3) is 2.99. The van der Waals surface area contributed by atoms with Crippen molar-refractivity contribution in [2.75, 3.05) is 7.05 Å². The zero-order chi connectivity index (χ0) is 14.5. The minimum Gasteiger partial charge on any atom is -0.686 e. The van der Waals surface area contributed by atoms with Gasteiger partial charge in [-0.25, -0.2) is 0 Å². The number of rotatable bonds is 4. The minimum absolute atomic E-state index is 0.566. The molecule has 0 unspecified atom stereocenters. The Hall–Kier alpha value is -2.11. The van der Waals surface area contributed by atoms with E-state index in [-0.39, 0.29) is 0 Å². The fourth-order valence-corrected chi connectivity index (χ4v) is 4.86. The lowest BCUT2D eigenvalue weighted by atomic mass is 10.3. The van der Waals surface area contributed by atoms with Gasteiger partial charge in [0.2, 0.25) is 0 Å². The molecular weight excluding hydrogens is 273 g/mol. The first-order chi connectivity index (χ1) is 10.4. The van der Waals surface area contributed by atoms with Crippen LogP contribution < -0.4 is 15.9 Å². The summed E-state index contributed by atoms with van der Waals surface area (Å²) in [4.78, 5) is 0. The summed E-state index contributed by atoms with van der Waals surface area (Å²) in [5.41, 5.74) is 1.08. The molecule has 0 aliphatic heterocycles. The van der Waals surface area contributed by atoms with Gasteiger partial charge >= 0.3 is 0 Å². The quantitative estimate of drug-likeness (QED) is 0.643. The smallest absolute Gasteiger partial charge is 0.0147 e. The van der Waals surface area contributed by atoms with E-state index in [1.165, 1.54) is 15.9 Å². The highest BCUT2D eigenvalue weighted by molar-refractivity contribution is 7.80. The SMILES string of the molecule is C[N-]c1ccccc1P(c1ccccc1)c1ccccc1. The van der Waals surface area contributed by atoms with Gasteiger partial charge in [0.1, 0.15) is 0 Å². The summed E-state index contributed by atoms with van der Waals surface area (Å²) in [5, 5.41) is 8.48. The van der Waals surface area contributed by atoms with Crippen molar-refractivity contribution >= 4 is 29.5 Å². The van der Waals surface area contributed by atoms with E-state index in [4.69, 9.17) is 0 Å². The van der Waals surface area contributed by atoms with Gasteiger partial charge in [0.05, 0.1) is 0 Å². The van der Waals surface area contributed by atoms with Crippen LogP contribution in [0.1, 0.15) is 0 Å². The largest absolute Gasteiger partial charge is 0.686 e. The fourth-order valence-electron chi connectivity index (χ4n) is 2.42. The molecule has 21 heavy (non-hydrogen) atoms. The summed E-state index contributed by atoms with van der Waals surface area (Å²) in [6.45, 7) is 0. The lowest BCUT2D eigenvalue weighted by molar-refractivity contribution is 1.65. The molecule has 0 bridgehead atoms. The second kappa shape index (κ2) is 6.56. The third-order valence-electron chi connectivity index (χ3n) is 3.39. The maximum absolute atomic E-state index is 4.46. The first kappa shape index (κ1) is 13.9. The molecule has 0 saturated heterocycles. The highest BCUT2D eigenvalue weighted by Crippen LogP contribution is 2.36. The summed E-state index contributed by atoms with van der Waals surface area (Å²) in [6.07, 6.45) is 0. The fraction of sp³-hybridized carbons (Fsp3) is 0.0526. The molecule has 0 aliphatic carbocycles. The van der Waals surface area contributed by atoms with Crippen LogP contribution in [0.5, 0.6) is 0 Å². The Labute approximate surface area is 127 Å². The van der Waals surface area contributed by atoms with Crippen molar-refractivity contribution in [3.05, 3.63) is 90.2 Å². The van der Waals surface area contributed by atoms with E-state index in [1.807, 2.05) is 7.05 Å². The summed E-state index contributed by atoms with van der Waals surface area (Å²) < 4.78 is 0. The van der Waals surface area contributed by atoms with Crippen LogP contribution in [0.4, 0.5) is 5.69 Å². The molecule has 0 heterocycles. The molecule has 3 rings (SSSR count). The van der Waals surface area contributed by atoms with E-state index in [2.05, 4.69) is 90.2 Å². The first-order valence-corrected chi connectivity index (χ1v) is 8.33. The molecule has 0 fully saturated rings. The molecule has 0 N–H and O–H groups in total. The minimum atomic E-state index is -0.566. The predicted octanol–water partition coefficient (Wildman–Crippen LogP) is 4.08. The second-order valence-electron chi connectivity index (χ2n) is 4.72. The van der Waals surface area contributed by atoms with Gasteiger partial charge < -0.3 is 5.32 Å². The van der Waals surface area contributed by atoms with Gasteiger partial charge in [-0.05, 0) is 23.8 Å². The van der Waals surface area contributed by atoms with E-state index < -0.39 is 7.92 Å². The molecule has 0 spiro atoms. The van der Waals surface area contributed by atoms with E-state index in [0.29, 0.717) is 0 Å². The molecule has 3 aromatic rings. The van der Waals surface area contributed by atoms with E-state index in [0.717, 1.165) is 5.69 Å². The Balaban J connectivity index is 2.17. The monoisotopic (exact) mass is 290 g/mol. The molecule has 3 aromatic carbocycles. The molecule has 0 aliphatic rings. The molecule has 104 valence electrons. The summed E-state index contributed by atoms with van der Waals surface area (Å²) in [6, 6.07) is 29.9. The number of hydrogen-bond donors (Lipinski definition) is 0. The van der Waals surface area contributed by atoms with Crippen LogP contribution in [0.25, 0.3) is 5.32 Å². The molecule has 0 saturated carbocycles. The number of benzene rings is 3. The van der Waals surface area contributed by atoms with E-state index in [1.54, 1.807) is 0 Å². The highest BCUT2D eigenvalue weighted by Gasteiger charge is 2.16. The predicted molar refractivity (Wildman–Crippen MR) is 94.1 cm³/mol. The number of para-hydroxylation sites is 1. The Morgan fingerprint density at radius 2 is 1.10 bits per heavy atom. The van der Waals surface area contributed by atoms with Gasteiger partial charge in [0, 0.05) is 0 Å². The zero-order valence-electron chi connectivity index (χ0n) is 12.0. The first-order valence-electron chi connectivity index (χ1n) is 6.99. The topological polar surface area (TPSA) is 14.1 Å². The molecular formula is C19H17NP-. The molecule has 0 aromatic heterocycles. The summed E-state index contributed by atoms with van der Waals surface area (Å²) in [7, 11) is 1.30. The molecule has 0 amide bonds. The number of nitrogens with zero attached hydrogens (tertiary/aromatic N) is 1. The van der Waals surface area contributed by atoms with Crippen molar-refractivity contribution in [2.45, 2.75) is 0 Å². The molecule has 2 heteroatoms. The van der Waals surface area contributed by atoms with Crippen LogP contribution >= 0.6 is 7.92 Å². The Morgan fingerprint density at radius 3 is 1.62 bits per heavy atom. The highest BCUT2D eigenvalue weighted by atomic mass is 31.1. The standard InChI is InChI=1S/C19H17NP/c1-20-18-14-8-9-15-19(18)21(16-10-4-2-5-11-16)17-12-6-3-7-13-17/h2-15H,1H3/q-1. The van der Waals surface area contributed by atoms with Gasteiger partial charge in [0.15, 0.2) is 0 Å². The maximum atomic E-state index is 4.46. The number of hydrogen-bond acceptors (Lipinski definition) is 0. The summed E-state index contributed by atoms with van der Waals surface area (Å²) >= 11 is 0. The van der Waals surface area contributed by atoms with E-state index >= 15 is 0 Å². The summed E-state index contributed by atoms with van der Waals surface area (Å²) in [5.74, 6) is 0. The van der Waals surface area contributed by atoms with Gasteiger partial charge in [-0.3, -0.25) is 0 Å². The van der Waals surface area contributed by atoms with Gasteiger partial charge in [-0.15, -0.1) is 12.7 Å². The maximum Gasteiger partial charge on any atom is -0.0147 e. The average molecular weight is 290 g/mol. The van der Waals surface area contributed by atoms with Gasteiger partial charge in [-0.1, -0.05) is 84.9 Å². The van der Waals surface area contributed by atoms with Crippen LogP contribution in [0.15, 0.2) is 84.9 Å². The van der Waals surface area contributed by atoms with Crippen molar-refractivity contribution in [3.63, 3.8) is 0 Å². The van der Waals surface area contributed by atoms with Crippen LogP contribution in [0.3, 0.4) is 0 Å². The van der Waals surface area contributed by atoms with Crippen LogP contribution in [-0.2, 0) is 0 Å². The third-order valence-corrected chi connectivity index (χ3v) is 5.88. The average Bonchev–Trinajstić information content (AvgIpc) is 2.58. The molecule has 0 atom stereocenters.